The molecule has 2 rings (SSSR count). The third kappa shape index (κ3) is 4.32. The molecular weight excluding hydrogens is 372 g/mol. The maximum atomic E-state index is 12.3. The van der Waals surface area contributed by atoms with E-state index in [1.54, 1.807) is 6.92 Å². The lowest BCUT2D eigenvalue weighted by molar-refractivity contribution is 0.0761. The number of carbonyl (C=O) groups is 1. The summed E-state index contributed by atoms with van der Waals surface area (Å²) in [5.41, 5.74) is 0.463. The number of carbonyl (C=O) groups excluding carboxylic acids is 1. The summed E-state index contributed by atoms with van der Waals surface area (Å²) >= 11 is 6.86. The molecule has 1 amide bonds. The number of aromatic nitrogens is 1. The van der Waals surface area contributed by atoms with Gasteiger partial charge in [0.05, 0.1) is 10.6 Å². The van der Waals surface area contributed by atoms with Crippen LogP contribution in [-0.2, 0) is 14.8 Å². The van der Waals surface area contributed by atoms with Crippen molar-refractivity contribution in [2.45, 2.75) is 31.8 Å². The zero-order valence-corrected chi connectivity index (χ0v) is 15.8. The van der Waals surface area contributed by atoms with Gasteiger partial charge >= 0.3 is 0 Å². The first-order valence-electron chi connectivity index (χ1n) is 7.16. The topological polar surface area (TPSA) is 85.4 Å². The number of rotatable bonds is 6. The van der Waals surface area contributed by atoms with Crippen molar-refractivity contribution in [3.05, 3.63) is 44.9 Å². The number of benzene rings is 1. The summed E-state index contributed by atoms with van der Waals surface area (Å²) in [5, 5.41) is 1.04. The molecule has 0 radical (unpaired) electrons. The maximum absolute atomic E-state index is 12.3. The molecular formula is C15H17ClN2O4S2. The first-order valence-corrected chi connectivity index (χ1v) is 9.84. The van der Waals surface area contributed by atoms with Crippen molar-refractivity contribution in [1.82, 2.24) is 9.71 Å². The normalized spacial score (nSPS) is 12.8. The van der Waals surface area contributed by atoms with Crippen LogP contribution in [0.15, 0.2) is 29.2 Å². The molecule has 0 fully saturated rings. The van der Waals surface area contributed by atoms with Crippen LogP contribution >= 0.6 is 22.9 Å². The van der Waals surface area contributed by atoms with Gasteiger partial charge in [0.15, 0.2) is 0 Å². The summed E-state index contributed by atoms with van der Waals surface area (Å²) in [4.78, 5) is 16.8. The molecule has 0 aliphatic heterocycles. The number of aryl methyl sites for hydroxylation is 1. The van der Waals surface area contributed by atoms with Gasteiger partial charge in [0.1, 0.15) is 16.0 Å². The van der Waals surface area contributed by atoms with Crippen LogP contribution in [0.2, 0.25) is 5.02 Å². The van der Waals surface area contributed by atoms with Crippen molar-refractivity contribution in [3.63, 3.8) is 0 Å². The Morgan fingerprint density at radius 1 is 1.38 bits per heavy atom. The Morgan fingerprint density at radius 3 is 2.58 bits per heavy atom. The van der Waals surface area contributed by atoms with Crippen molar-refractivity contribution in [3.8, 4) is 0 Å². The van der Waals surface area contributed by atoms with E-state index in [4.69, 9.17) is 16.3 Å². The molecule has 0 bridgehead atoms. The molecule has 130 valence electrons. The van der Waals surface area contributed by atoms with Crippen LogP contribution in [0.1, 0.15) is 40.3 Å². The molecule has 0 saturated carbocycles. The number of nitrogens with one attached hydrogen (secondary N) is 1. The Kier molecular flexibility index (Phi) is 5.97. The van der Waals surface area contributed by atoms with Gasteiger partial charge in [0.25, 0.3) is 15.9 Å². The second-order valence-electron chi connectivity index (χ2n) is 4.95. The number of sulfonamides is 1. The van der Waals surface area contributed by atoms with E-state index in [0.29, 0.717) is 22.3 Å². The van der Waals surface area contributed by atoms with Crippen LogP contribution in [-0.4, -0.2) is 25.9 Å². The molecule has 0 saturated heterocycles. The number of hydrogen-bond donors (Lipinski definition) is 1. The lowest BCUT2D eigenvalue weighted by Crippen LogP contribution is -2.30. The van der Waals surface area contributed by atoms with E-state index >= 15 is 0 Å². The highest BCUT2D eigenvalue weighted by Gasteiger charge is 2.23. The summed E-state index contributed by atoms with van der Waals surface area (Å²) in [7, 11) is -3.97. The minimum Gasteiger partial charge on any atom is -0.372 e. The minimum atomic E-state index is -3.97. The quantitative estimate of drug-likeness (QED) is 0.820. The molecule has 2 aromatic rings. The SMILES string of the molecule is CCO[C@@H](C)c1nc(C)c(C(=O)NS(=O)(=O)c2ccc(Cl)cc2)s1. The first-order chi connectivity index (χ1) is 11.2. The fourth-order valence-corrected chi connectivity index (χ4v) is 4.08. The third-order valence-corrected chi connectivity index (χ3v) is 6.05. The van der Waals surface area contributed by atoms with E-state index in [1.807, 2.05) is 13.8 Å². The van der Waals surface area contributed by atoms with E-state index in [0.717, 1.165) is 11.3 Å². The van der Waals surface area contributed by atoms with Crippen molar-refractivity contribution in [2.24, 2.45) is 0 Å². The van der Waals surface area contributed by atoms with Gasteiger partial charge in [-0.25, -0.2) is 18.1 Å². The van der Waals surface area contributed by atoms with Gasteiger partial charge in [-0.05, 0) is 45.0 Å². The van der Waals surface area contributed by atoms with Gasteiger partial charge in [0.2, 0.25) is 0 Å². The number of ether oxygens (including phenoxy) is 1. The lowest BCUT2D eigenvalue weighted by atomic mass is 10.4. The van der Waals surface area contributed by atoms with Gasteiger partial charge in [0, 0.05) is 11.6 Å². The molecule has 0 spiro atoms. The standard InChI is InChI=1S/C15H17ClN2O4S2/c1-4-22-10(3)15-17-9(2)13(23-15)14(19)18-24(20,21)12-7-5-11(16)6-8-12/h5-8,10H,4H2,1-3H3,(H,18,19)/t10-/m0/s1. The molecule has 1 heterocycles. The molecule has 9 heteroatoms. The van der Waals surface area contributed by atoms with Crippen molar-refractivity contribution < 1.29 is 17.9 Å². The molecule has 24 heavy (non-hydrogen) atoms. The fourth-order valence-electron chi connectivity index (χ4n) is 1.96. The molecule has 1 atom stereocenters. The predicted molar refractivity (Wildman–Crippen MR) is 93.0 cm³/mol. The van der Waals surface area contributed by atoms with Gasteiger partial charge in [-0.15, -0.1) is 11.3 Å². The Hall–Kier alpha value is -1.48. The second-order valence-corrected chi connectivity index (χ2v) is 8.10. The van der Waals surface area contributed by atoms with Crippen LogP contribution in [0, 0.1) is 6.92 Å². The molecule has 1 N–H and O–H groups in total. The van der Waals surface area contributed by atoms with Crippen molar-refractivity contribution in [2.75, 3.05) is 6.61 Å². The van der Waals surface area contributed by atoms with E-state index < -0.39 is 15.9 Å². The lowest BCUT2D eigenvalue weighted by Gasteiger charge is -2.07. The molecule has 0 unspecified atom stereocenters. The zero-order chi connectivity index (χ0) is 17.9. The predicted octanol–water partition coefficient (Wildman–Crippen LogP) is 3.32. The summed E-state index contributed by atoms with van der Waals surface area (Å²) in [5.74, 6) is -0.713. The average Bonchev–Trinajstić information content (AvgIpc) is 2.90. The Balaban J connectivity index is 2.22. The molecule has 0 aliphatic rings. The number of halogens is 1. The zero-order valence-electron chi connectivity index (χ0n) is 13.4. The monoisotopic (exact) mass is 388 g/mol. The summed E-state index contributed by atoms with van der Waals surface area (Å²) in [6.45, 7) is 5.87. The molecule has 1 aromatic carbocycles. The molecule has 6 nitrogen and oxygen atoms in total. The third-order valence-electron chi connectivity index (χ3n) is 3.13. The van der Waals surface area contributed by atoms with Gasteiger partial charge in [-0.3, -0.25) is 4.79 Å². The Morgan fingerprint density at radius 2 is 2.00 bits per heavy atom. The van der Waals surface area contributed by atoms with Gasteiger partial charge in [-0.2, -0.15) is 0 Å². The van der Waals surface area contributed by atoms with E-state index in [-0.39, 0.29) is 15.9 Å². The first kappa shape index (κ1) is 18.9. The Bertz CT molecular complexity index is 832. The van der Waals surface area contributed by atoms with Crippen LogP contribution in [0.4, 0.5) is 0 Å². The Labute approximate surface area is 149 Å². The van der Waals surface area contributed by atoms with Crippen molar-refractivity contribution in [1.29, 1.82) is 0 Å². The largest absolute Gasteiger partial charge is 0.372 e. The fraction of sp³-hybridized carbons (Fsp3) is 0.333. The number of thiazole rings is 1. The van der Waals surface area contributed by atoms with Gasteiger partial charge < -0.3 is 4.74 Å². The highest BCUT2D eigenvalue weighted by Crippen LogP contribution is 2.26. The highest BCUT2D eigenvalue weighted by atomic mass is 35.5. The number of amides is 1. The van der Waals surface area contributed by atoms with Crippen LogP contribution in [0.3, 0.4) is 0 Å². The average molecular weight is 389 g/mol. The minimum absolute atomic E-state index is 0.0367. The van der Waals surface area contributed by atoms with E-state index in [2.05, 4.69) is 9.71 Å². The summed E-state index contributed by atoms with van der Waals surface area (Å²) < 4.78 is 32.0. The smallest absolute Gasteiger partial charge is 0.276 e. The summed E-state index contributed by atoms with van der Waals surface area (Å²) in [6, 6.07) is 5.56. The van der Waals surface area contributed by atoms with Crippen LogP contribution < -0.4 is 4.72 Å². The molecule has 0 aliphatic carbocycles. The van der Waals surface area contributed by atoms with Crippen LogP contribution in [0.25, 0.3) is 0 Å². The van der Waals surface area contributed by atoms with Crippen molar-refractivity contribution >= 4 is 38.9 Å². The highest BCUT2D eigenvalue weighted by molar-refractivity contribution is 7.90. The van der Waals surface area contributed by atoms with E-state index in [9.17, 15) is 13.2 Å². The number of hydrogen-bond acceptors (Lipinski definition) is 6. The van der Waals surface area contributed by atoms with E-state index in [1.165, 1.54) is 24.3 Å². The maximum Gasteiger partial charge on any atom is 0.276 e. The summed E-state index contributed by atoms with van der Waals surface area (Å²) in [6.07, 6.45) is -0.256. The second kappa shape index (κ2) is 7.60. The number of nitrogens with zero attached hydrogens (tertiary/aromatic N) is 1. The van der Waals surface area contributed by atoms with Gasteiger partial charge in [-0.1, -0.05) is 11.6 Å². The van der Waals surface area contributed by atoms with Crippen LogP contribution in [0.5, 0.6) is 0 Å². The molecule has 1 aromatic heterocycles.